The molecule has 0 aromatic carbocycles. The summed E-state index contributed by atoms with van der Waals surface area (Å²) in [6.45, 7) is 10.4. The monoisotopic (exact) mass is 546 g/mol. The Hall–Kier alpha value is -2.39. The summed E-state index contributed by atoms with van der Waals surface area (Å²) in [5.74, 6) is -1.60. The first kappa shape index (κ1) is 29.6. The Bertz CT molecular complexity index is 1130. The van der Waals surface area contributed by atoms with E-state index >= 15 is 4.39 Å². The molecule has 8 nitrogen and oxygen atoms in total. The van der Waals surface area contributed by atoms with E-state index in [4.69, 9.17) is 4.74 Å². The number of rotatable bonds is 7. The van der Waals surface area contributed by atoms with Crippen molar-refractivity contribution in [2.24, 2.45) is 33.6 Å². The number of amides is 1. The molecule has 1 amide bonds. The summed E-state index contributed by atoms with van der Waals surface area (Å²) in [5.41, 5.74) is -4.20. The summed E-state index contributed by atoms with van der Waals surface area (Å²) in [6.07, 6.45) is 4.74. The van der Waals surface area contributed by atoms with Gasteiger partial charge in [0.05, 0.1) is 24.5 Å². The molecule has 3 fully saturated rings. The molecule has 0 aromatic rings. The van der Waals surface area contributed by atoms with E-state index in [0.29, 0.717) is 25.0 Å². The van der Waals surface area contributed by atoms with Crippen molar-refractivity contribution < 1.29 is 33.7 Å². The third-order valence-corrected chi connectivity index (χ3v) is 10.2. The van der Waals surface area contributed by atoms with Gasteiger partial charge >= 0.3 is 6.09 Å². The van der Waals surface area contributed by atoms with E-state index < -0.39 is 40.2 Å². The van der Waals surface area contributed by atoms with E-state index in [9.17, 15) is 24.6 Å². The topological polar surface area (TPSA) is 125 Å². The van der Waals surface area contributed by atoms with Gasteiger partial charge in [-0.15, -0.1) is 0 Å². The number of fused-ring (bicyclic) bond motifs is 5. The summed E-state index contributed by atoms with van der Waals surface area (Å²) in [4.78, 5) is 41.2. The van der Waals surface area contributed by atoms with Crippen LogP contribution in [0.1, 0.15) is 73.6 Å². The number of ether oxygens (including phenoxy) is 1. The van der Waals surface area contributed by atoms with Crippen LogP contribution in [-0.2, 0) is 14.3 Å². The first-order chi connectivity index (χ1) is 18.1. The Balaban J connectivity index is 1.54. The highest BCUT2D eigenvalue weighted by molar-refractivity contribution is 6.06. The van der Waals surface area contributed by atoms with Gasteiger partial charge in [-0.2, -0.15) is 0 Å². The van der Waals surface area contributed by atoms with Crippen LogP contribution in [0.2, 0.25) is 0 Å². The van der Waals surface area contributed by atoms with Crippen LogP contribution in [0.5, 0.6) is 0 Å². The summed E-state index contributed by atoms with van der Waals surface area (Å²) >= 11 is 0. The largest absolute Gasteiger partial charge is 0.447 e. The highest BCUT2D eigenvalue weighted by atomic mass is 19.1. The quantitative estimate of drug-likeness (QED) is 0.445. The Labute approximate surface area is 230 Å². The van der Waals surface area contributed by atoms with E-state index in [0.717, 1.165) is 5.57 Å². The molecule has 0 radical (unpaired) electrons. The Morgan fingerprint density at radius 2 is 1.95 bits per heavy atom. The maximum Gasteiger partial charge on any atom is 0.407 e. The number of carbonyl (C=O) groups excluding carboxylic acids is 3. The highest BCUT2D eigenvalue weighted by Crippen LogP contribution is 2.70. The van der Waals surface area contributed by atoms with Gasteiger partial charge in [0.1, 0.15) is 12.1 Å². The van der Waals surface area contributed by atoms with Gasteiger partial charge in [-0.1, -0.05) is 32.4 Å². The maximum absolute atomic E-state index is 17.5. The number of aliphatic hydroxyl groups is 2. The molecule has 0 spiro atoms. The molecule has 0 aromatic heterocycles. The third kappa shape index (κ3) is 4.40. The van der Waals surface area contributed by atoms with Gasteiger partial charge in [-0.25, -0.2) is 9.18 Å². The first-order valence-corrected chi connectivity index (χ1v) is 14.2. The van der Waals surface area contributed by atoms with E-state index in [1.807, 2.05) is 13.8 Å². The number of alkyl carbamates (subject to hydrolysis) is 1. The number of ketones is 2. The van der Waals surface area contributed by atoms with E-state index in [2.05, 4.69) is 10.3 Å². The lowest BCUT2D eigenvalue weighted by molar-refractivity contribution is -0.218. The average molecular weight is 547 g/mol. The van der Waals surface area contributed by atoms with Crippen LogP contribution in [0.15, 0.2) is 28.8 Å². The van der Waals surface area contributed by atoms with Crippen molar-refractivity contribution in [3.05, 3.63) is 23.8 Å². The van der Waals surface area contributed by atoms with Crippen LogP contribution in [-0.4, -0.2) is 70.2 Å². The number of hydrogen-bond donors (Lipinski definition) is 3. The van der Waals surface area contributed by atoms with Gasteiger partial charge in [0.15, 0.2) is 17.2 Å². The predicted octanol–water partition coefficient (Wildman–Crippen LogP) is 3.89. The molecule has 4 rings (SSSR count). The fourth-order valence-electron chi connectivity index (χ4n) is 8.18. The molecule has 216 valence electrons. The second-order valence-electron chi connectivity index (χ2n) is 12.6. The second kappa shape index (κ2) is 10.2. The molecule has 0 unspecified atom stereocenters. The number of Topliss-reactive ketones (excluding diaryl/α,β-unsaturated/α-hetero) is 2. The predicted molar refractivity (Wildman–Crippen MR) is 145 cm³/mol. The van der Waals surface area contributed by atoms with Crippen LogP contribution in [0.3, 0.4) is 0 Å². The normalized spacial score (nSPS) is 41.9. The molecule has 4 aliphatic rings. The molecule has 4 aliphatic carbocycles. The molecule has 0 heterocycles. The minimum Gasteiger partial charge on any atom is -0.447 e. The van der Waals surface area contributed by atoms with Crippen LogP contribution in [0, 0.1) is 28.6 Å². The van der Waals surface area contributed by atoms with E-state index in [1.54, 1.807) is 45.9 Å². The Kier molecular flexibility index (Phi) is 7.75. The number of alkyl halides is 1. The summed E-state index contributed by atoms with van der Waals surface area (Å²) in [6, 6.07) is 0. The van der Waals surface area contributed by atoms with Crippen LogP contribution in [0.4, 0.5) is 9.18 Å². The van der Waals surface area contributed by atoms with Crippen molar-refractivity contribution in [2.75, 3.05) is 13.1 Å². The van der Waals surface area contributed by atoms with Gasteiger partial charge in [0.2, 0.25) is 0 Å². The molecular formula is C30H43FN2O6. The molecule has 8 atom stereocenters. The second-order valence-corrected chi connectivity index (χ2v) is 12.6. The minimum absolute atomic E-state index is 0.00957. The maximum atomic E-state index is 17.5. The minimum atomic E-state index is -1.97. The number of aliphatic imine (C=N–C) groups is 1. The highest BCUT2D eigenvalue weighted by Gasteiger charge is 2.75. The fraction of sp³-hybridized carbons (Fsp3) is 0.733. The van der Waals surface area contributed by atoms with Crippen molar-refractivity contribution in [1.29, 1.82) is 0 Å². The number of carbonyl (C=O) groups is 3. The molecular weight excluding hydrogens is 503 g/mol. The Morgan fingerprint density at radius 1 is 1.26 bits per heavy atom. The number of aliphatic hydroxyl groups excluding tert-OH is 1. The van der Waals surface area contributed by atoms with Gasteiger partial charge in [0, 0.05) is 23.2 Å². The van der Waals surface area contributed by atoms with Crippen molar-refractivity contribution >= 4 is 23.4 Å². The number of nitrogens with one attached hydrogen (secondary N) is 1. The smallest absolute Gasteiger partial charge is 0.407 e. The van der Waals surface area contributed by atoms with E-state index in [-0.39, 0.29) is 55.4 Å². The van der Waals surface area contributed by atoms with Crippen LogP contribution < -0.4 is 5.32 Å². The molecule has 0 aliphatic heterocycles. The lowest BCUT2D eigenvalue weighted by Gasteiger charge is -2.62. The number of nitrogens with zero attached hydrogens (tertiary/aromatic N) is 1. The summed E-state index contributed by atoms with van der Waals surface area (Å²) in [5, 5.41) is 25.6. The lowest BCUT2D eigenvalue weighted by Crippen LogP contribution is -2.69. The van der Waals surface area contributed by atoms with Crippen molar-refractivity contribution in [3.63, 3.8) is 0 Å². The van der Waals surface area contributed by atoms with Gasteiger partial charge in [-0.05, 0) is 70.4 Å². The summed E-state index contributed by atoms with van der Waals surface area (Å²) < 4.78 is 22.4. The average Bonchev–Trinajstić information content (AvgIpc) is 3.07. The lowest BCUT2D eigenvalue weighted by atomic mass is 9.44. The fourth-order valence-corrected chi connectivity index (χ4v) is 8.18. The molecule has 39 heavy (non-hydrogen) atoms. The number of halogens is 1. The Morgan fingerprint density at radius 3 is 2.59 bits per heavy atom. The standard InChI is InChI=1S/C30H43FN2O6/c1-7-24(35)30(38)18(4)12-23-22-9-8-19-13-20(32-15-21(34)16-33-26(37)39-17(2)3)10-11-27(19,5)29(22,31)25(36)14-28(23,30)6/h10-11,13,17-18,22-23,25,36,38H,7-9,12,14-16H2,1-6H3,(H,33,37)/t18-,22+,23+,25+,27+,28+,29+,30+/m1/s1. The van der Waals surface area contributed by atoms with Crippen molar-refractivity contribution in [3.8, 4) is 0 Å². The van der Waals surface area contributed by atoms with E-state index in [1.165, 1.54) is 0 Å². The molecule has 9 heteroatoms. The van der Waals surface area contributed by atoms with Crippen molar-refractivity contribution in [1.82, 2.24) is 5.32 Å². The molecule has 0 bridgehead atoms. The van der Waals surface area contributed by atoms with Gasteiger partial charge in [0.25, 0.3) is 0 Å². The SMILES string of the molecule is CCC(=O)[C@@]1(O)[C@H](C)C[C@H]2[C@@H]3CCC4=CC(=NCC(=O)CNC(=O)OC(C)C)C=C[C@]4(C)[C@@]3(F)[C@@H](O)C[C@@]21C. The van der Waals surface area contributed by atoms with Gasteiger partial charge in [-0.3, -0.25) is 14.6 Å². The molecule has 3 saturated carbocycles. The van der Waals surface area contributed by atoms with Crippen LogP contribution >= 0.6 is 0 Å². The molecule has 0 saturated heterocycles. The van der Waals surface area contributed by atoms with Crippen LogP contribution in [0.25, 0.3) is 0 Å². The number of allylic oxidation sites excluding steroid dienone is 4. The summed E-state index contributed by atoms with van der Waals surface area (Å²) in [7, 11) is 0. The number of hydrogen-bond acceptors (Lipinski definition) is 7. The zero-order chi connectivity index (χ0) is 29.0. The van der Waals surface area contributed by atoms with Crippen molar-refractivity contribution in [2.45, 2.75) is 97.1 Å². The van der Waals surface area contributed by atoms with Gasteiger partial charge < -0.3 is 20.3 Å². The molecule has 3 N–H and O–H groups in total. The zero-order valence-corrected chi connectivity index (χ0v) is 23.9. The third-order valence-electron chi connectivity index (χ3n) is 10.2. The first-order valence-electron chi connectivity index (χ1n) is 14.2. The zero-order valence-electron chi connectivity index (χ0n) is 23.9.